The molecule has 0 aliphatic heterocycles. The predicted molar refractivity (Wildman–Crippen MR) is 73.5 cm³/mol. The lowest BCUT2D eigenvalue weighted by Gasteiger charge is -2.38. The SMILES string of the molecule is C=CC1=CC=C2C=CC=C3C=C/C(=C/C)C1C32. The molecule has 0 fully saturated rings. The minimum Gasteiger partial charge on any atom is -0.0988 e. The molecule has 17 heavy (non-hydrogen) atoms. The Balaban J connectivity index is 2.22. The molecular formula is C17H16. The van der Waals surface area contributed by atoms with Crippen LogP contribution in [-0.2, 0) is 0 Å². The fraction of sp³-hybridized carbons (Fsp3) is 0.176. The quantitative estimate of drug-likeness (QED) is 0.618. The van der Waals surface area contributed by atoms with Gasteiger partial charge >= 0.3 is 0 Å². The third-order valence-electron chi connectivity index (χ3n) is 3.85. The molecule has 2 unspecified atom stereocenters. The summed E-state index contributed by atoms with van der Waals surface area (Å²) < 4.78 is 0. The van der Waals surface area contributed by atoms with Crippen LogP contribution >= 0.6 is 0 Å². The molecule has 0 nitrogen and oxygen atoms in total. The monoisotopic (exact) mass is 220 g/mol. The van der Waals surface area contributed by atoms with Crippen molar-refractivity contribution in [2.24, 2.45) is 11.8 Å². The summed E-state index contributed by atoms with van der Waals surface area (Å²) in [5, 5.41) is 0. The second-order valence-corrected chi connectivity index (χ2v) is 4.64. The second-order valence-electron chi connectivity index (χ2n) is 4.64. The molecule has 0 spiro atoms. The van der Waals surface area contributed by atoms with E-state index in [-0.39, 0.29) is 0 Å². The minimum absolute atomic E-state index is 0.457. The summed E-state index contributed by atoms with van der Waals surface area (Å²) >= 11 is 0. The van der Waals surface area contributed by atoms with Gasteiger partial charge in [0.1, 0.15) is 0 Å². The van der Waals surface area contributed by atoms with Crippen molar-refractivity contribution >= 4 is 0 Å². The Bertz CT molecular complexity index is 545. The van der Waals surface area contributed by atoms with Crippen LogP contribution < -0.4 is 0 Å². The van der Waals surface area contributed by atoms with Crippen LogP contribution in [0.25, 0.3) is 0 Å². The third-order valence-corrected chi connectivity index (χ3v) is 3.85. The molecule has 0 radical (unpaired) electrons. The van der Waals surface area contributed by atoms with E-state index in [9.17, 15) is 0 Å². The van der Waals surface area contributed by atoms with E-state index in [1.54, 1.807) is 0 Å². The van der Waals surface area contributed by atoms with Crippen molar-refractivity contribution in [2.45, 2.75) is 6.92 Å². The topological polar surface area (TPSA) is 0 Å². The molecule has 3 aliphatic carbocycles. The van der Waals surface area contributed by atoms with E-state index in [4.69, 9.17) is 0 Å². The van der Waals surface area contributed by atoms with Crippen LogP contribution in [0.5, 0.6) is 0 Å². The van der Waals surface area contributed by atoms with Crippen molar-refractivity contribution in [3.05, 3.63) is 83.6 Å². The van der Waals surface area contributed by atoms with E-state index >= 15 is 0 Å². The van der Waals surface area contributed by atoms with Crippen molar-refractivity contribution in [1.82, 2.24) is 0 Å². The van der Waals surface area contributed by atoms with Crippen molar-refractivity contribution in [1.29, 1.82) is 0 Å². The van der Waals surface area contributed by atoms with Crippen molar-refractivity contribution in [3.8, 4) is 0 Å². The summed E-state index contributed by atoms with van der Waals surface area (Å²) in [5.74, 6) is 0.952. The summed E-state index contributed by atoms with van der Waals surface area (Å²) in [6.07, 6.45) is 19.7. The molecule has 0 bridgehead atoms. The van der Waals surface area contributed by atoms with Crippen molar-refractivity contribution in [2.75, 3.05) is 0 Å². The van der Waals surface area contributed by atoms with E-state index < -0.39 is 0 Å². The largest absolute Gasteiger partial charge is 0.0988 e. The van der Waals surface area contributed by atoms with Crippen molar-refractivity contribution < 1.29 is 0 Å². The molecule has 0 saturated carbocycles. The zero-order valence-electron chi connectivity index (χ0n) is 10.1. The Morgan fingerprint density at radius 1 is 1.00 bits per heavy atom. The normalized spacial score (nSPS) is 31.6. The predicted octanol–water partition coefficient (Wildman–Crippen LogP) is 4.28. The molecule has 0 amide bonds. The van der Waals surface area contributed by atoms with Gasteiger partial charge in [0.25, 0.3) is 0 Å². The van der Waals surface area contributed by atoms with Gasteiger partial charge < -0.3 is 0 Å². The van der Waals surface area contributed by atoms with Crippen LogP contribution in [0.3, 0.4) is 0 Å². The van der Waals surface area contributed by atoms with Crippen LogP contribution in [0.1, 0.15) is 6.92 Å². The van der Waals surface area contributed by atoms with Crippen LogP contribution in [-0.4, -0.2) is 0 Å². The summed E-state index contributed by atoms with van der Waals surface area (Å²) in [6.45, 7) is 6.07. The molecule has 0 heteroatoms. The van der Waals surface area contributed by atoms with Gasteiger partial charge in [0.15, 0.2) is 0 Å². The van der Waals surface area contributed by atoms with Gasteiger partial charge in [-0.3, -0.25) is 0 Å². The van der Waals surface area contributed by atoms with Gasteiger partial charge in [-0.2, -0.15) is 0 Å². The lowest BCUT2D eigenvalue weighted by Crippen LogP contribution is -2.27. The summed E-state index contributed by atoms with van der Waals surface area (Å²) in [4.78, 5) is 0. The van der Waals surface area contributed by atoms with Gasteiger partial charge in [-0.1, -0.05) is 61.3 Å². The molecule has 0 aromatic heterocycles. The highest BCUT2D eigenvalue weighted by Crippen LogP contribution is 2.46. The molecule has 3 aliphatic rings. The van der Waals surface area contributed by atoms with Crippen molar-refractivity contribution in [3.63, 3.8) is 0 Å². The Morgan fingerprint density at radius 2 is 1.82 bits per heavy atom. The first-order chi connectivity index (χ1) is 8.35. The Kier molecular flexibility index (Phi) is 2.36. The van der Waals surface area contributed by atoms with Gasteiger partial charge in [-0.25, -0.2) is 0 Å². The van der Waals surface area contributed by atoms with E-state index in [0.717, 1.165) is 0 Å². The lowest BCUT2D eigenvalue weighted by molar-refractivity contribution is 0.566. The molecular weight excluding hydrogens is 204 g/mol. The molecule has 0 aromatic rings. The number of hydrogen-bond donors (Lipinski definition) is 0. The maximum absolute atomic E-state index is 3.95. The van der Waals surface area contributed by atoms with E-state index in [1.807, 2.05) is 6.08 Å². The van der Waals surface area contributed by atoms with Crippen LogP contribution in [0.4, 0.5) is 0 Å². The van der Waals surface area contributed by atoms with Gasteiger partial charge in [-0.15, -0.1) is 0 Å². The van der Waals surface area contributed by atoms with Gasteiger partial charge in [0.2, 0.25) is 0 Å². The Hall–Kier alpha value is -1.82. The highest BCUT2D eigenvalue weighted by atomic mass is 14.4. The van der Waals surface area contributed by atoms with E-state index in [0.29, 0.717) is 11.8 Å². The lowest BCUT2D eigenvalue weighted by atomic mass is 9.66. The zero-order chi connectivity index (χ0) is 11.8. The van der Waals surface area contributed by atoms with Gasteiger partial charge in [-0.05, 0) is 29.2 Å². The van der Waals surface area contributed by atoms with Gasteiger partial charge in [0, 0.05) is 11.8 Å². The zero-order valence-corrected chi connectivity index (χ0v) is 10.1. The summed E-state index contributed by atoms with van der Waals surface area (Å²) in [5.41, 5.74) is 5.57. The second kappa shape index (κ2) is 3.89. The smallest absolute Gasteiger partial charge is 0.0199 e. The molecule has 2 atom stereocenters. The molecule has 3 rings (SSSR count). The first kappa shape index (κ1) is 10.3. The highest BCUT2D eigenvalue weighted by Gasteiger charge is 2.35. The fourth-order valence-electron chi connectivity index (χ4n) is 3.01. The Labute approximate surface area is 103 Å². The number of allylic oxidation sites excluding steroid dienone is 13. The number of hydrogen-bond acceptors (Lipinski definition) is 0. The minimum atomic E-state index is 0.457. The van der Waals surface area contributed by atoms with Crippen LogP contribution in [0, 0.1) is 11.8 Å². The highest BCUT2D eigenvalue weighted by molar-refractivity contribution is 5.57. The first-order valence-electron chi connectivity index (χ1n) is 6.12. The molecule has 0 heterocycles. The molecule has 0 aromatic carbocycles. The summed E-state index contributed by atoms with van der Waals surface area (Å²) in [7, 11) is 0. The molecule has 84 valence electrons. The third kappa shape index (κ3) is 1.44. The first-order valence-corrected chi connectivity index (χ1v) is 6.12. The molecule has 0 saturated heterocycles. The average Bonchev–Trinajstić information content (AvgIpc) is 2.40. The van der Waals surface area contributed by atoms with Gasteiger partial charge in [0.05, 0.1) is 0 Å². The number of rotatable bonds is 1. The maximum atomic E-state index is 3.95. The standard InChI is InChI=1S/C17H16/c1-3-12-8-10-14-6-5-7-15-11-9-13(4-2)16(12)17(14)15/h3-11,16-17H,1H2,2H3/b13-4-. The molecule has 0 N–H and O–H groups in total. The fourth-order valence-corrected chi connectivity index (χ4v) is 3.01. The van der Waals surface area contributed by atoms with Crippen LogP contribution in [0.2, 0.25) is 0 Å². The average molecular weight is 220 g/mol. The Morgan fingerprint density at radius 3 is 2.59 bits per heavy atom. The van der Waals surface area contributed by atoms with E-state index in [2.05, 4.69) is 62.1 Å². The van der Waals surface area contributed by atoms with Crippen LogP contribution in [0.15, 0.2) is 83.6 Å². The summed E-state index contributed by atoms with van der Waals surface area (Å²) in [6, 6.07) is 0. The van der Waals surface area contributed by atoms with E-state index in [1.165, 1.54) is 22.3 Å². The maximum Gasteiger partial charge on any atom is 0.0199 e.